The summed E-state index contributed by atoms with van der Waals surface area (Å²) in [5.41, 5.74) is 1.05. The van der Waals surface area contributed by atoms with E-state index >= 15 is 0 Å². The number of carbonyl (C=O) groups is 3. The molecule has 134 valence electrons. The number of amides is 3. The van der Waals surface area contributed by atoms with Crippen molar-refractivity contribution in [3.63, 3.8) is 0 Å². The standard InChI is InChI=1S/C17H19ClN2O5/c1-8(2)19-17(23)20-15(21)10(4)24-16(22)14-9(3)12-7-11(18)5-6-13(12)25-14/h5-8,10H,1-4H3,(H2,19,20,21,23)/t10-/m0/s1. The molecule has 25 heavy (non-hydrogen) atoms. The SMILES string of the molecule is Cc1c(C(=O)O[C@@H](C)C(=O)NC(=O)NC(C)C)oc2ccc(Cl)cc12. The number of halogens is 1. The smallest absolute Gasteiger partial charge is 0.375 e. The fraction of sp³-hybridized carbons (Fsp3) is 0.353. The Balaban J connectivity index is 2.07. The number of nitrogens with one attached hydrogen (secondary N) is 2. The van der Waals surface area contributed by atoms with Gasteiger partial charge < -0.3 is 14.5 Å². The topological polar surface area (TPSA) is 97.6 Å². The molecule has 1 aromatic heterocycles. The van der Waals surface area contributed by atoms with Crippen molar-refractivity contribution >= 4 is 40.5 Å². The maximum atomic E-state index is 12.3. The highest BCUT2D eigenvalue weighted by molar-refractivity contribution is 6.31. The lowest BCUT2D eigenvalue weighted by Gasteiger charge is -2.13. The summed E-state index contributed by atoms with van der Waals surface area (Å²) in [5.74, 6) is -1.54. The van der Waals surface area contributed by atoms with E-state index in [0.29, 0.717) is 21.6 Å². The van der Waals surface area contributed by atoms with E-state index in [1.165, 1.54) is 6.92 Å². The molecule has 1 heterocycles. The molecule has 1 atom stereocenters. The van der Waals surface area contributed by atoms with Gasteiger partial charge in [-0.3, -0.25) is 10.1 Å². The van der Waals surface area contributed by atoms with Crippen LogP contribution in [0.15, 0.2) is 22.6 Å². The predicted octanol–water partition coefficient (Wildman–Crippen LogP) is 3.17. The van der Waals surface area contributed by atoms with E-state index in [2.05, 4.69) is 10.6 Å². The molecule has 0 bridgehead atoms. The van der Waals surface area contributed by atoms with Crippen LogP contribution in [0.4, 0.5) is 4.79 Å². The normalized spacial score (nSPS) is 12.1. The van der Waals surface area contributed by atoms with Crippen molar-refractivity contribution in [2.75, 3.05) is 0 Å². The molecule has 2 rings (SSSR count). The van der Waals surface area contributed by atoms with Crippen LogP contribution >= 0.6 is 11.6 Å². The van der Waals surface area contributed by atoms with Gasteiger partial charge in [0.1, 0.15) is 5.58 Å². The van der Waals surface area contributed by atoms with Crippen LogP contribution in [0.1, 0.15) is 36.9 Å². The van der Waals surface area contributed by atoms with Crippen LogP contribution in [-0.4, -0.2) is 30.1 Å². The van der Waals surface area contributed by atoms with Crippen molar-refractivity contribution in [2.45, 2.75) is 39.8 Å². The number of imide groups is 1. The molecule has 2 N–H and O–H groups in total. The van der Waals surface area contributed by atoms with Crippen molar-refractivity contribution in [1.29, 1.82) is 0 Å². The van der Waals surface area contributed by atoms with E-state index in [1.807, 2.05) is 0 Å². The summed E-state index contributed by atoms with van der Waals surface area (Å²) in [7, 11) is 0. The molecule has 0 saturated carbocycles. The molecule has 0 radical (unpaired) electrons. The summed E-state index contributed by atoms with van der Waals surface area (Å²) >= 11 is 5.94. The van der Waals surface area contributed by atoms with Gasteiger partial charge in [0.2, 0.25) is 5.76 Å². The number of carbonyl (C=O) groups excluding carboxylic acids is 3. The molecular weight excluding hydrogens is 348 g/mol. The van der Waals surface area contributed by atoms with Crippen molar-refractivity contribution in [2.24, 2.45) is 0 Å². The van der Waals surface area contributed by atoms with E-state index < -0.39 is 24.0 Å². The van der Waals surface area contributed by atoms with Crippen LogP contribution in [0.2, 0.25) is 5.02 Å². The first-order valence-corrected chi connectivity index (χ1v) is 8.07. The number of urea groups is 1. The molecule has 0 saturated heterocycles. The maximum absolute atomic E-state index is 12.3. The summed E-state index contributed by atoms with van der Waals surface area (Å²) in [4.78, 5) is 35.7. The number of ether oxygens (including phenoxy) is 1. The third-order valence-electron chi connectivity index (χ3n) is 3.39. The van der Waals surface area contributed by atoms with Crippen LogP contribution in [0.25, 0.3) is 11.0 Å². The van der Waals surface area contributed by atoms with Gasteiger partial charge >= 0.3 is 12.0 Å². The molecule has 0 aliphatic heterocycles. The lowest BCUT2D eigenvalue weighted by Crippen LogP contribution is -2.46. The number of rotatable bonds is 4. The van der Waals surface area contributed by atoms with Gasteiger partial charge in [-0.2, -0.15) is 0 Å². The van der Waals surface area contributed by atoms with Gasteiger partial charge in [-0.1, -0.05) is 11.6 Å². The highest BCUT2D eigenvalue weighted by Gasteiger charge is 2.25. The van der Waals surface area contributed by atoms with Gasteiger partial charge in [0.15, 0.2) is 6.10 Å². The molecule has 0 spiro atoms. The molecule has 0 unspecified atom stereocenters. The molecule has 3 amide bonds. The van der Waals surface area contributed by atoms with Crippen molar-refractivity contribution in [3.05, 3.63) is 34.5 Å². The van der Waals surface area contributed by atoms with Gasteiger partial charge in [0.25, 0.3) is 5.91 Å². The molecule has 0 aliphatic carbocycles. The summed E-state index contributed by atoms with van der Waals surface area (Å²) < 4.78 is 10.6. The van der Waals surface area contributed by atoms with Crippen LogP contribution in [-0.2, 0) is 9.53 Å². The van der Waals surface area contributed by atoms with Gasteiger partial charge in [-0.25, -0.2) is 9.59 Å². The number of benzene rings is 1. The monoisotopic (exact) mass is 366 g/mol. The number of aryl methyl sites for hydroxylation is 1. The zero-order chi connectivity index (χ0) is 18.7. The largest absolute Gasteiger partial charge is 0.449 e. The van der Waals surface area contributed by atoms with Crippen LogP contribution in [0, 0.1) is 6.92 Å². The Hall–Kier alpha value is -2.54. The maximum Gasteiger partial charge on any atom is 0.375 e. The summed E-state index contributed by atoms with van der Waals surface area (Å²) in [6.45, 7) is 6.57. The Bertz CT molecular complexity index is 828. The van der Waals surface area contributed by atoms with Crippen molar-refractivity contribution in [3.8, 4) is 0 Å². The van der Waals surface area contributed by atoms with E-state index in [-0.39, 0.29) is 11.8 Å². The first-order valence-electron chi connectivity index (χ1n) is 7.70. The van der Waals surface area contributed by atoms with Gasteiger partial charge in [0, 0.05) is 22.0 Å². The second kappa shape index (κ2) is 7.57. The molecule has 1 aromatic carbocycles. The third kappa shape index (κ3) is 4.51. The number of esters is 1. The summed E-state index contributed by atoms with van der Waals surface area (Å²) in [6.07, 6.45) is -1.17. The number of furan rings is 1. The van der Waals surface area contributed by atoms with Crippen LogP contribution in [0.5, 0.6) is 0 Å². The fourth-order valence-electron chi connectivity index (χ4n) is 2.17. The second-order valence-electron chi connectivity index (χ2n) is 5.86. The average Bonchev–Trinajstić information content (AvgIpc) is 2.83. The molecule has 0 fully saturated rings. The first kappa shape index (κ1) is 18.8. The third-order valence-corrected chi connectivity index (χ3v) is 3.63. The van der Waals surface area contributed by atoms with Crippen LogP contribution in [0.3, 0.4) is 0 Å². The fourth-order valence-corrected chi connectivity index (χ4v) is 2.34. The minimum atomic E-state index is -1.17. The Morgan fingerprint density at radius 1 is 1.20 bits per heavy atom. The molecule has 8 heteroatoms. The Labute approximate surface area is 149 Å². The minimum Gasteiger partial charge on any atom is -0.449 e. The lowest BCUT2D eigenvalue weighted by molar-refractivity contribution is -0.128. The van der Waals surface area contributed by atoms with Gasteiger partial charge in [0.05, 0.1) is 0 Å². The van der Waals surface area contributed by atoms with Crippen molar-refractivity contribution < 1.29 is 23.5 Å². The number of fused-ring (bicyclic) bond motifs is 1. The molecular formula is C17H19ClN2O5. The van der Waals surface area contributed by atoms with Gasteiger partial charge in [-0.05, 0) is 45.9 Å². The predicted molar refractivity (Wildman–Crippen MR) is 92.6 cm³/mol. The molecule has 7 nitrogen and oxygen atoms in total. The first-order chi connectivity index (χ1) is 11.7. The zero-order valence-electron chi connectivity index (χ0n) is 14.3. The number of hydrogen-bond donors (Lipinski definition) is 2. The lowest BCUT2D eigenvalue weighted by atomic mass is 10.1. The van der Waals surface area contributed by atoms with Crippen LogP contribution < -0.4 is 10.6 Å². The summed E-state index contributed by atoms with van der Waals surface area (Å²) in [6, 6.07) is 4.19. The average molecular weight is 367 g/mol. The van der Waals surface area contributed by atoms with Crippen molar-refractivity contribution in [1.82, 2.24) is 10.6 Å². The Kier molecular flexibility index (Phi) is 5.69. The molecule has 2 aromatic rings. The summed E-state index contributed by atoms with van der Waals surface area (Å²) in [5, 5.41) is 5.81. The molecule has 0 aliphatic rings. The van der Waals surface area contributed by atoms with Gasteiger partial charge in [-0.15, -0.1) is 0 Å². The Morgan fingerprint density at radius 3 is 2.52 bits per heavy atom. The second-order valence-corrected chi connectivity index (χ2v) is 6.30. The Morgan fingerprint density at radius 2 is 1.88 bits per heavy atom. The van der Waals surface area contributed by atoms with E-state index in [9.17, 15) is 14.4 Å². The quantitative estimate of drug-likeness (QED) is 0.810. The highest BCUT2D eigenvalue weighted by Crippen LogP contribution is 2.28. The van der Waals surface area contributed by atoms with E-state index in [4.69, 9.17) is 20.8 Å². The minimum absolute atomic E-state index is 0.0106. The number of hydrogen-bond acceptors (Lipinski definition) is 5. The van der Waals surface area contributed by atoms with E-state index in [1.54, 1.807) is 39.0 Å². The zero-order valence-corrected chi connectivity index (χ0v) is 15.1. The van der Waals surface area contributed by atoms with E-state index in [0.717, 1.165) is 0 Å². The highest BCUT2D eigenvalue weighted by atomic mass is 35.5.